The van der Waals surface area contributed by atoms with Crippen molar-refractivity contribution in [1.29, 1.82) is 0 Å². The van der Waals surface area contributed by atoms with Crippen LogP contribution in [0, 0.1) is 0 Å². The van der Waals surface area contributed by atoms with Crippen LogP contribution < -0.4 is 4.74 Å². The number of para-hydroxylation sites is 2. The molecule has 8 aromatic carbocycles. The number of rotatable bonds is 6. The number of allylic oxidation sites excluding steroid dienone is 3. The third kappa shape index (κ3) is 6.16. The molecule has 2 atom stereocenters. The minimum Gasteiger partial charge on any atom is -0.485 e. The van der Waals surface area contributed by atoms with Gasteiger partial charge in [-0.05, 0) is 108 Å². The molecule has 6 heteroatoms. The summed E-state index contributed by atoms with van der Waals surface area (Å²) in [5, 5.41) is 6.13. The van der Waals surface area contributed by atoms with Crippen LogP contribution >= 0.6 is 11.3 Å². The van der Waals surface area contributed by atoms with Gasteiger partial charge < -0.3 is 13.7 Å². The number of hydrogen-bond acceptors (Lipinski definition) is 5. The standard InChI is InChI=1S/C64H41N3O2S/c1-3-13-38(14-4-1)52-37-53(42-25-29-47-46-18-8-10-22-56(46)69-59(47)36-42)66-64(65-52)48-20-11-23-58-62(48)50-33-39(27-31-57(50)68-58)40-28-32-60-51(34-40)63-44(19-12-24-61(63)70-60)41-26-30-55-49(35-41)45-17-7-9-21-54(45)67(55)43-15-5-2-6-16-43/h1-26,28-30,32-37,46,56H,27,31H2. The zero-order valence-electron chi connectivity index (χ0n) is 37.8. The lowest BCUT2D eigenvalue weighted by molar-refractivity contribution is 0.269. The van der Waals surface area contributed by atoms with E-state index in [0.29, 0.717) is 5.82 Å². The van der Waals surface area contributed by atoms with Crippen LogP contribution in [0.4, 0.5) is 0 Å². The summed E-state index contributed by atoms with van der Waals surface area (Å²) in [5.74, 6) is 2.79. The first-order chi connectivity index (χ1) is 34.7. The molecule has 2 unspecified atom stereocenters. The minimum atomic E-state index is 0.0184. The number of nitrogens with zero attached hydrogens (tertiary/aromatic N) is 3. The van der Waals surface area contributed by atoms with Gasteiger partial charge in [-0.2, -0.15) is 0 Å². The maximum atomic E-state index is 6.70. The molecule has 12 aromatic rings. The van der Waals surface area contributed by atoms with E-state index in [-0.39, 0.29) is 12.0 Å². The summed E-state index contributed by atoms with van der Waals surface area (Å²) >= 11 is 1.87. The van der Waals surface area contributed by atoms with E-state index in [4.69, 9.17) is 19.1 Å². The second-order valence-electron chi connectivity index (χ2n) is 18.7. The van der Waals surface area contributed by atoms with Crippen LogP contribution in [0.25, 0.3) is 115 Å². The highest BCUT2D eigenvalue weighted by Gasteiger charge is 2.32. The van der Waals surface area contributed by atoms with Gasteiger partial charge in [-0.15, -0.1) is 11.3 Å². The number of ether oxygens (including phenoxy) is 1. The molecule has 0 fully saturated rings. The van der Waals surface area contributed by atoms with Crippen molar-refractivity contribution in [3.63, 3.8) is 0 Å². The largest absolute Gasteiger partial charge is 0.485 e. The summed E-state index contributed by atoms with van der Waals surface area (Å²) in [4.78, 5) is 10.7. The zero-order chi connectivity index (χ0) is 45.9. The van der Waals surface area contributed by atoms with E-state index in [0.717, 1.165) is 74.6 Å². The van der Waals surface area contributed by atoms with Gasteiger partial charge in [-0.1, -0.05) is 133 Å². The molecule has 0 saturated carbocycles. The van der Waals surface area contributed by atoms with E-state index < -0.39 is 0 Å². The predicted molar refractivity (Wildman–Crippen MR) is 289 cm³/mol. The molecule has 0 bridgehead atoms. The number of hydrogen-bond donors (Lipinski definition) is 0. The summed E-state index contributed by atoms with van der Waals surface area (Å²) in [7, 11) is 0. The van der Waals surface area contributed by atoms with Crippen LogP contribution in [-0.2, 0) is 6.42 Å². The van der Waals surface area contributed by atoms with Crippen molar-refractivity contribution in [2.75, 3.05) is 0 Å². The normalized spacial score (nSPS) is 16.0. The number of furan rings is 1. The Kier molecular flexibility index (Phi) is 8.71. The van der Waals surface area contributed by atoms with E-state index in [1.807, 2.05) is 17.4 Å². The van der Waals surface area contributed by atoms with Gasteiger partial charge in [0.1, 0.15) is 23.2 Å². The van der Waals surface area contributed by atoms with Gasteiger partial charge in [0.25, 0.3) is 0 Å². The van der Waals surface area contributed by atoms with Gasteiger partial charge in [-0.25, -0.2) is 9.97 Å². The van der Waals surface area contributed by atoms with Crippen LogP contribution in [-0.4, -0.2) is 20.6 Å². The van der Waals surface area contributed by atoms with Gasteiger partial charge in [0.15, 0.2) is 5.82 Å². The summed E-state index contributed by atoms with van der Waals surface area (Å²) in [6.45, 7) is 0. The van der Waals surface area contributed by atoms with Crippen LogP contribution in [0.2, 0.25) is 0 Å². The number of aryl methyl sites for hydroxylation is 1. The molecular formula is C64H41N3O2S. The Balaban J connectivity index is 0.847. The van der Waals surface area contributed by atoms with Crippen molar-refractivity contribution in [2.24, 2.45) is 0 Å². The molecule has 0 radical (unpaired) electrons. The highest BCUT2D eigenvalue weighted by atomic mass is 32.1. The summed E-state index contributed by atoms with van der Waals surface area (Å²) in [5.41, 5.74) is 16.4. The molecule has 0 N–H and O–H groups in total. The van der Waals surface area contributed by atoms with Crippen molar-refractivity contribution in [3.05, 3.63) is 229 Å². The second kappa shape index (κ2) is 15.5. The average Bonchev–Trinajstić information content (AvgIpc) is 4.19. The van der Waals surface area contributed by atoms with Crippen LogP contribution in [0.5, 0.6) is 5.75 Å². The molecule has 15 rings (SSSR count). The first-order valence-corrected chi connectivity index (χ1v) is 24.9. The molecule has 5 heterocycles. The molecule has 0 amide bonds. The Morgan fingerprint density at radius 3 is 2.20 bits per heavy atom. The van der Waals surface area contributed by atoms with E-state index in [2.05, 4.69) is 211 Å². The lowest BCUT2D eigenvalue weighted by Gasteiger charge is -2.14. The fourth-order valence-electron chi connectivity index (χ4n) is 11.4. The molecule has 4 aromatic heterocycles. The summed E-state index contributed by atoms with van der Waals surface area (Å²) in [6.07, 6.45) is 12.6. The fourth-order valence-corrected chi connectivity index (χ4v) is 12.5. The second-order valence-corrected chi connectivity index (χ2v) is 19.7. The zero-order valence-corrected chi connectivity index (χ0v) is 38.7. The van der Waals surface area contributed by atoms with Crippen LogP contribution in [0.1, 0.15) is 34.8 Å². The SMILES string of the molecule is C1=CC2Oc3cc(-c4cc(-c5ccccc5)nc(-c5cccc6oc7c(c56)C=C(c5ccc6sc8cccc(-c9ccc%10c(c9)c9ccccc9n%10-c9ccccc9)c8c6c5)CC7)n4)ccc3C2C=C1. The Hall–Kier alpha value is -8.58. The fraction of sp³-hybridized carbons (Fsp3) is 0.0625. The van der Waals surface area contributed by atoms with Gasteiger partial charge in [0.2, 0.25) is 0 Å². The molecule has 5 nitrogen and oxygen atoms in total. The van der Waals surface area contributed by atoms with Crippen molar-refractivity contribution >= 4 is 75.9 Å². The first kappa shape index (κ1) is 39.4. The van der Waals surface area contributed by atoms with E-state index >= 15 is 0 Å². The van der Waals surface area contributed by atoms with E-state index in [1.54, 1.807) is 0 Å². The van der Waals surface area contributed by atoms with Crippen LogP contribution in [0.15, 0.2) is 211 Å². The molecule has 3 aliphatic rings. The highest BCUT2D eigenvalue weighted by molar-refractivity contribution is 7.26. The van der Waals surface area contributed by atoms with Gasteiger partial charge in [0.05, 0.1) is 22.4 Å². The van der Waals surface area contributed by atoms with Crippen molar-refractivity contribution in [3.8, 4) is 56.5 Å². The lowest BCUT2D eigenvalue weighted by Crippen LogP contribution is -2.15. The third-order valence-corrected chi connectivity index (χ3v) is 15.8. The quantitative estimate of drug-likeness (QED) is 0.167. The Morgan fingerprint density at radius 1 is 0.529 bits per heavy atom. The van der Waals surface area contributed by atoms with Crippen molar-refractivity contribution in [2.45, 2.75) is 24.9 Å². The first-order valence-electron chi connectivity index (χ1n) is 24.1. The molecule has 330 valence electrons. The predicted octanol–water partition coefficient (Wildman–Crippen LogP) is 16.8. The van der Waals surface area contributed by atoms with E-state index in [9.17, 15) is 0 Å². The van der Waals surface area contributed by atoms with Gasteiger partial charge in [-0.3, -0.25) is 0 Å². The maximum Gasteiger partial charge on any atom is 0.161 e. The number of thiophene rings is 1. The number of aromatic nitrogens is 3. The number of benzene rings is 8. The molecule has 0 saturated heterocycles. The van der Waals surface area contributed by atoms with E-state index in [1.165, 1.54) is 69.8 Å². The Bertz CT molecular complexity index is 4230. The molecule has 70 heavy (non-hydrogen) atoms. The highest BCUT2D eigenvalue weighted by Crippen LogP contribution is 2.47. The summed E-state index contributed by atoms with van der Waals surface area (Å²) < 4.78 is 18.1. The monoisotopic (exact) mass is 915 g/mol. The minimum absolute atomic E-state index is 0.0184. The van der Waals surface area contributed by atoms with Crippen molar-refractivity contribution < 1.29 is 9.15 Å². The number of fused-ring (bicyclic) bond motifs is 12. The molecule has 1 aliphatic heterocycles. The summed E-state index contributed by atoms with van der Waals surface area (Å²) in [6, 6.07) is 65.6. The van der Waals surface area contributed by atoms with Crippen LogP contribution in [0.3, 0.4) is 0 Å². The molecule has 2 aliphatic carbocycles. The molecule has 0 spiro atoms. The molecular weight excluding hydrogens is 875 g/mol. The topological polar surface area (TPSA) is 53.1 Å². The third-order valence-electron chi connectivity index (χ3n) is 14.7. The smallest absolute Gasteiger partial charge is 0.161 e. The average molecular weight is 916 g/mol. The van der Waals surface area contributed by atoms with Gasteiger partial charge in [0, 0.05) is 82.2 Å². The van der Waals surface area contributed by atoms with Crippen molar-refractivity contribution in [1.82, 2.24) is 14.5 Å². The Morgan fingerprint density at radius 2 is 1.29 bits per heavy atom. The van der Waals surface area contributed by atoms with Gasteiger partial charge >= 0.3 is 0 Å². The maximum absolute atomic E-state index is 6.70. The lowest BCUT2D eigenvalue weighted by atomic mass is 9.89. The Labute approximate surface area is 407 Å².